The van der Waals surface area contributed by atoms with Crippen LogP contribution in [-0.2, 0) is 0 Å². The summed E-state index contributed by atoms with van der Waals surface area (Å²) in [5, 5.41) is 1.11. The molecular weight excluding hydrogens is 418 g/mol. The number of benzene rings is 3. The molecule has 166 valence electrons. The van der Waals surface area contributed by atoms with Crippen LogP contribution in [0.4, 0.5) is 0 Å². The Balaban J connectivity index is 0.00000119. The van der Waals surface area contributed by atoms with Gasteiger partial charge in [0, 0.05) is 16.7 Å². The summed E-state index contributed by atoms with van der Waals surface area (Å²) in [6.45, 7) is 7.50. The summed E-state index contributed by atoms with van der Waals surface area (Å²) in [5.41, 5.74) is 3.31. The summed E-state index contributed by atoms with van der Waals surface area (Å²) in [4.78, 5) is 1.06. The van der Waals surface area contributed by atoms with Crippen molar-refractivity contribution in [3.8, 4) is 11.5 Å². The van der Waals surface area contributed by atoms with Crippen LogP contribution in [0.1, 0.15) is 43.2 Å². The Morgan fingerprint density at radius 3 is 2.41 bits per heavy atom. The van der Waals surface area contributed by atoms with E-state index < -0.39 is 0 Å². The minimum Gasteiger partial charge on any atom is -0.490 e. The van der Waals surface area contributed by atoms with Crippen molar-refractivity contribution in [1.29, 1.82) is 0 Å². The molecule has 1 atom stereocenters. The van der Waals surface area contributed by atoms with Gasteiger partial charge in [-0.2, -0.15) is 0 Å². The summed E-state index contributed by atoms with van der Waals surface area (Å²) < 4.78 is 21.4. The number of para-hydroxylation sites is 1. The van der Waals surface area contributed by atoms with E-state index in [0.717, 1.165) is 39.5 Å². The van der Waals surface area contributed by atoms with Crippen LogP contribution in [0.3, 0.4) is 0 Å². The second-order valence-electron chi connectivity index (χ2n) is 7.36. The van der Waals surface area contributed by atoms with Crippen molar-refractivity contribution in [2.75, 3.05) is 13.2 Å². The standard InChI is InChI=1S/C25H23NO3S.C2H6/c1-17-7-2-4-9-20(17)25(24-15-18-8-3-5-10-21(18)29-24)26-30-19-11-12-22-23(16-19)28-14-6-13-27-22;1-2/h2-5,7-12,15-16,25-26H,6,13-14H2,1H3;1-2H3. The van der Waals surface area contributed by atoms with Gasteiger partial charge in [-0.15, -0.1) is 0 Å². The molecule has 0 spiro atoms. The van der Waals surface area contributed by atoms with Gasteiger partial charge in [0.1, 0.15) is 17.4 Å². The highest BCUT2D eigenvalue weighted by molar-refractivity contribution is 7.97. The number of ether oxygens (including phenoxy) is 2. The number of aryl methyl sites for hydroxylation is 1. The second kappa shape index (κ2) is 10.6. The summed E-state index contributed by atoms with van der Waals surface area (Å²) in [5.74, 6) is 2.51. The minimum atomic E-state index is -0.0837. The molecule has 1 unspecified atom stereocenters. The number of rotatable bonds is 5. The van der Waals surface area contributed by atoms with E-state index in [0.29, 0.717) is 13.2 Å². The molecular formula is C27H29NO3S. The largest absolute Gasteiger partial charge is 0.490 e. The van der Waals surface area contributed by atoms with E-state index in [1.54, 1.807) is 11.9 Å². The third-order valence-electron chi connectivity index (χ3n) is 5.24. The maximum Gasteiger partial charge on any atom is 0.162 e. The zero-order valence-corrected chi connectivity index (χ0v) is 19.6. The molecule has 0 aliphatic carbocycles. The molecule has 5 rings (SSSR count). The van der Waals surface area contributed by atoms with E-state index in [-0.39, 0.29) is 6.04 Å². The van der Waals surface area contributed by atoms with Gasteiger partial charge in [0.05, 0.1) is 13.2 Å². The van der Waals surface area contributed by atoms with Gasteiger partial charge in [-0.25, -0.2) is 4.72 Å². The van der Waals surface area contributed by atoms with E-state index in [1.807, 2.05) is 44.2 Å². The Kier molecular flexibility index (Phi) is 7.40. The van der Waals surface area contributed by atoms with Gasteiger partial charge in [-0.05, 0) is 60.3 Å². The van der Waals surface area contributed by atoms with Crippen molar-refractivity contribution in [3.05, 3.63) is 89.7 Å². The quantitative estimate of drug-likeness (QED) is 0.325. The third-order valence-corrected chi connectivity index (χ3v) is 6.09. The Bertz CT molecular complexity index is 1140. The lowest BCUT2D eigenvalue weighted by atomic mass is 10.00. The second-order valence-corrected chi connectivity index (χ2v) is 8.27. The SMILES string of the molecule is CC.Cc1ccccc1C(NSc1ccc2c(c1)OCCCO2)c1cc2ccccc2o1. The van der Waals surface area contributed by atoms with Crippen molar-refractivity contribution in [1.82, 2.24) is 4.72 Å². The van der Waals surface area contributed by atoms with Crippen molar-refractivity contribution < 1.29 is 13.9 Å². The Labute approximate surface area is 194 Å². The summed E-state index contributed by atoms with van der Waals surface area (Å²) in [7, 11) is 0. The van der Waals surface area contributed by atoms with Crippen molar-refractivity contribution in [2.45, 2.75) is 38.1 Å². The molecule has 1 aliphatic heterocycles. The minimum absolute atomic E-state index is 0.0837. The molecule has 0 saturated carbocycles. The van der Waals surface area contributed by atoms with Gasteiger partial charge in [0.2, 0.25) is 0 Å². The van der Waals surface area contributed by atoms with Crippen LogP contribution in [0.15, 0.2) is 82.1 Å². The molecule has 0 fully saturated rings. The fraction of sp³-hybridized carbons (Fsp3) is 0.259. The highest BCUT2D eigenvalue weighted by atomic mass is 32.2. The predicted octanol–water partition coefficient (Wildman–Crippen LogP) is 7.32. The van der Waals surface area contributed by atoms with Crippen LogP contribution in [-0.4, -0.2) is 13.2 Å². The monoisotopic (exact) mass is 447 g/mol. The molecule has 5 heteroatoms. The first kappa shape index (κ1) is 22.3. The average Bonchev–Trinajstić information content (AvgIpc) is 3.12. The van der Waals surface area contributed by atoms with Gasteiger partial charge in [-0.3, -0.25) is 0 Å². The van der Waals surface area contributed by atoms with Gasteiger partial charge < -0.3 is 13.9 Å². The summed E-state index contributed by atoms with van der Waals surface area (Å²) in [6.07, 6.45) is 0.900. The van der Waals surface area contributed by atoms with Crippen LogP contribution in [0, 0.1) is 6.92 Å². The topological polar surface area (TPSA) is 43.6 Å². The molecule has 1 aliphatic rings. The average molecular weight is 448 g/mol. The Hall–Kier alpha value is -2.89. The van der Waals surface area contributed by atoms with Gasteiger partial charge in [0.25, 0.3) is 0 Å². The number of furan rings is 1. The molecule has 4 nitrogen and oxygen atoms in total. The number of fused-ring (bicyclic) bond motifs is 2. The van der Waals surface area contributed by atoms with E-state index >= 15 is 0 Å². The van der Waals surface area contributed by atoms with Crippen LogP contribution >= 0.6 is 11.9 Å². The van der Waals surface area contributed by atoms with E-state index in [2.05, 4.69) is 54.1 Å². The highest BCUT2D eigenvalue weighted by Gasteiger charge is 2.21. The molecule has 0 amide bonds. The maximum atomic E-state index is 6.21. The maximum absolute atomic E-state index is 6.21. The lowest BCUT2D eigenvalue weighted by Crippen LogP contribution is -2.16. The fourth-order valence-electron chi connectivity index (χ4n) is 3.66. The molecule has 0 radical (unpaired) electrons. The van der Waals surface area contributed by atoms with Crippen LogP contribution in [0.25, 0.3) is 11.0 Å². The summed E-state index contributed by atoms with van der Waals surface area (Å²) >= 11 is 1.57. The first-order valence-electron chi connectivity index (χ1n) is 11.1. The zero-order chi connectivity index (χ0) is 22.3. The highest BCUT2D eigenvalue weighted by Crippen LogP contribution is 2.36. The molecule has 2 heterocycles. The molecule has 0 bridgehead atoms. The van der Waals surface area contributed by atoms with Gasteiger partial charge in [-0.1, -0.05) is 56.3 Å². The van der Waals surface area contributed by atoms with Crippen LogP contribution in [0.2, 0.25) is 0 Å². The first-order valence-corrected chi connectivity index (χ1v) is 12.0. The molecule has 0 saturated heterocycles. The predicted molar refractivity (Wildman–Crippen MR) is 132 cm³/mol. The van der Waals surface area contributed by atoms with E-state index in [9.17, 15) is 0 Å². The Morgan fingerprint density at radius 2 is 1.59 bits per heavy atom. The lowest BCUT2D eigenvalue weighted by Gasteiger charge is -2.19. The molecule has 3 aromatic carbocycles. The molecule has 32 heavy (non-hydrogen) atoms. The van der Waals surface area contributed by atoms with Crippen molar-refractivity contribution in [2.24, 2.45) is 0 Å². The van der Waals surface area contributed by atoms with Gasteiger partial charge >= 0.3 is 0 Å². The van der Waals surface area contributed by atoms with E-state index in [4.69, 9.17) is 13.9 Å². The fourth-order valence-corrected chi connectivity index (χ4v) is 4.46. The van der Waals surface area contributed by atoms with Crippen molar-refractivity contribution >= 4 is 22.9 Å². The molecule has 1 aromatic heterocycles. The first-order chi connectivity index (χ1) is 15.8. The van der Waals surface area contributed by atoms with Crippen LogP contribution < -0.4 is 14.2 Å². The van der Waals surface area contributed by atoms with E-state index in [1.165, 1.54) is 11.1 Å². The number of hydrogen-bond acceptors (Lipinski definition) is 5. The number of nitrogens with one attached hydrogen (secondary N) is 1. The zero-order valence-electron chi connectivity index (χ0n) is 18.8. The molecule has 4 aromatic rings. The Morgan fingerprint density at radius 1 is 0.844 bits per heavy atom. The smallest absolute Gasteiger partial charge is 0.162 e. The number of hydrogen-bond donors (Lipinski definition) is 1. The van der Waals surface area contributed by atoms with Crippen molar-refractivity contribution in [3.63, 3.8) is 0 Å². The third kappa shape index (κ3) is 4.95. The molecule has 1 N–H and O–H groups in total. The summed E-state index contributed by atoms with van der Waals surface area (Å²) in [6, 6.07) is 24.6. The van der Waals surface area contributed by atoms with Gasteiger partial charge in [0.15, 0.2) is 11.5 Å². The lowest BCUT2D eigenvalue weighted by molar-refractivity contribution is 0.297. The normalized spacial score (nSPS) is 13.7. The van der Waals surface area contributed by atoms with Crippen LogP contribution in [0.5, 0.6) is 11.5 Å².